The van der Waals surface area contributed by atoms with Gasteiger partial charge in [-0.05, 0) is 43.9 Å². The molecule has 1 rings (SSSR count). The molecule has 20 heavy (non-hydrogen) atoms. The maximum absolute atomic E-state index is 12.2. The Morgan fingerprint density at radius 3 is 2.55 bits per heavy atom. The monoisotopic (exact) mass is 294 g/mol. The molecule has 0 heterocycles. The predicted molar refractivity (Wildman–Crippen MR) is 87.6 cm³/mol. The predicted octanol–water partition coefficient (Wildman–Crippen LogP) is 3.26. The highest BCUT2D eigenvalue weighted by molar-refractivity contribution is 7.99. The lowest BCUT2D eigenvalue weighted by atomic mass is 10.2. The van der Waals surface area contributed by atoms with Crippen molar-refractivity contribution in [3.05, 3.63) is 29.8 Å². The normalized spacial score (nSPS) is 10.8. The van der Waals surface area contributed by atoms with Crippen molar-refractivity contribution in [2.45, 2.75) is 32.1 Å². The van der Waals surface area contributed by atoms with Gasteiger partial charge < -0.3 is 10.2 Å². The molecule has 0 aliphatic rings. The summed E-state index contributed by atoms with van der Waals surface area (Å²) in [7, 11) is 0. The molecule has 0 saturated heterocycles. The topological polar surface area (TPSA) is 32.3 Å². The minimum Gasteiger partial charge on any atom is -0.352 e. The van der Waals surface area contributed by atoms with Crippen molar-refractivity contribution in [1.29, 1.82) is 0 Å². The average Bonchev–Trinajstić information content (AvgIpc) is 2.48. The highest BCUT2D eigenvalue weighted by Gasteiger charge is 2.10. The van der Waals surface area contributed by atoms with Crippen LogP contribution in [0.25, 0.3) is 0 Å². The molecule has 0 saturated carbocycles. The van der Waals surface area contributed by atoms with Gasteiger partial charge in [0.2, 0.25) is 0 Å². The van der Waals surface area contributed by atoms with E-state index in [2.05, 4.69) is 31.0 Å². The number of hydrogen-bond donors (Lipinski definition) is 1. The first-order valence-electron chi connectivity index (χ1n) is 7.45. The average molecular weight is 294 g/mol. The third-order valence-corrected chi connectivity index (χ3v) is 4.22. The van der Waals surface area contributed by atoms with E-state index >= 15 is 0 Å². The fourth-order valence-corrected chi connectivity index (χ4v) is 2.88. The van der Waals surface area contributed by atoms with Crippen molar-refractivity contribution < 1.29 is 4.79 Å². The van der Waals surface area contributed by atoms with E-state index in [-0.39, 0.29) is 5.91 Å². The van der Waals surface area contributed by atoms with Crippen LogP contribution in [0.15, 0.2) is 29.2 Å². The molecular weight excluding hydrogens is 268 g/mol. The van der Waals surface area contributed by atoms with Gasteiger partial charge in [0.05, 0.1) is 5.56 Å². The molecule has 1 N–H and O–H groups in total. The van der Waals surface area contributed by atoms with Crippen molar-refractivity contribution in [3.8, 4) is 0 Å². The number of carbonyl (C=O) groups excluding carboxylic acids is 1. The number of nitrogens with zero attached hydrogens (tertiary/aromatic N) is 1. The van der Waals surface area contributed by atoms with E-state index in [4.69, 9.17) is 0 Å². The van der Waals surface area contributed by atoms with Gasteiger partial charge in [-0.1, -0.05) is 32.9 Å². The van der Waals surface area contributed by atoms with Crippen LogP contribution in [0, 0.1) is 0 Å². The Morgan fingerprint density at radius 2 is 1.90 bits per heavy atom. The lowest BCUT2D eigenvalue weighted by Gasteiger charge is -2.17. The van der Waals surface area contributed by atoms with Crippen LogP contribution in [0.3, 0.4) is 0 Å². The third kappa shape index (κ3) is 5.55. The fourth-order valence-electron chi connectivity index (χ4n) is 2.08. The van der Waals surface area contributed by atoms with E-state index in [1.54, 1.807) is 11.8 Å². The molecule has 3 nitrogen and oxygen atoms in total. The Hall–Kier alpha value is -1.00. The summed E-state index contributed by atoms with van der Waals surface area (Å²) in [6.07, 6.45) is 0.997. The number of nitrogens with one attached hydrogen (secondary N) is 1. The van der Waals surface area contributed by atoms with Crippen LogP contribution in [0.2, 0.25) is 0 Å². The number of benzene rings is 1. The molecular formula is C16H26N2OS. The van der Waals surface area contributed by atoms with Crippen LogP contribution in [-0.4, -0.2) is 42.7 Å². The zero-order chi connectivity index (χ0) is 14.8. The van der Waals surface area contributed by atoms with Crippen LogP contribution in [0.1, 0.15) is 37.6 Å². The zero-order valence-electron chi connectivity index (χ0n) is 12.8. The minimum absolute atomic E-state index is 0.0427. The van der Waals surface area contributed by atoms with Gasteiger partial charge in [0.1, 0.15) is 0 Å². The Morgan fingerprint density at radius 1 is 1.20 bits per heavy atom. The number of carbonyl (C=O) groups is 1. The first kappa shape index (κ1) is 17.1. The Balaban J connectivity index is 2.43. The summed E-state index contributed by atoms with van der Waals surface area (Å²) >= 11 is 1.71. The maximum atomic E-state index is 12.2. The molecule has 1 aromatic carbocycles. The Labute approximate surface area is 127 Å². The molecule has 0 spiro atoms. The summed E-state index contributed by atoms with van der Waals surface area (Å²) in [4.78, 5) is 15.6. The van der Waals surface area contributed by atoms with E-state index in [0.29, 0.717) is 0 Å². The highest BCUT2D eigenvalue weighted by atomic mass is 32.2. The summed E-state index contributed by atoms with van der Waals surface area (Å²) in [6.45, 7) is 10.4. The van der Waals surface area contributed by atoms with Gasteiger partial charge in [-0.15, -0.1) is 11.8 Å². The van der Waals surface area contributed by atoms with Gasteiger partial charge in [0.15, 0.2) is 0 Å². The Kier molecular flexibility index (Phi) is 8.38. The van der Waals surface area contributed by atoms with Crippen LogP contribution in [0.4, 0.5) is 0 Å². The molecule has 0 atom stereocenters. The molecule has 0 aromatic heterocycles. The second kappa shape index (κ2) is 9.83. The second-order valence-electron chi connectivity index (χ2n) is 4.57. The molecule has 0 fully saturated rings. The van der Waals surface area contributed by atoms with E-state index in [1.165, 1.54) is 0 Å². The zero-order valence-corrected chi connectivity index (χ0v) is 13.6. The molecule has 0 unspecified atom stereocenters. The van der Waals surface area contributed by atoms with Crippen LogP contribution >= 0.6 is 11.8 Å². The van der Waals surface area contributed by atoms with Gasteiger partial charge in [0.25, 0.3) is 5.91 Å². The lowest BCUT2D eigenvalue weighted by molar-refractivity contribution is 0.0949. The molecule has 1 aromatic rings. The number of thioether (sulfide) groups is 1. The van der Waals surface area contributed by atoms with Crippen molar-refractivity contribution in [1.82, 2.24) is 10.2 Å². The molecule has 0 radical (unpaired) electrons. The number of hydrogen-bond acceptors (Lipinski definition) is 3. The van der Waals surface area contributed by atoms with Crippen LogP contribution in [0.5, 0.6) is 0 Å². The van der Waals surface area contributed by atoms with Crippen molar-refractivity contribution >= 4 is 17.7 Å². The summed E-state index contributed by atoms with van der Waals surface area (Å²) < 4.78 is 0. The van der Waals surface area contributed by atoms with Gasteiger partial charge in [-0.25, -0.2) is 0 Å². The number of amides is 1. The quantitative estimate of drug-likeness (QED) is 0.560. The van der Waals surface area contributed by atoms with E-state index in [0.717, 1.165) is 48.8 Å². The van der Waals surface area contributed by atoms with Gasteiger partial charge in [0, 0.05) is 11.4 Å². The molecule has 0 bridgehead atoms. The first-order valence-corrected chi connectivity index (χ1v) is 8.43. The third-order valence-electron chi connectivity index (χ3n) is 3.26. The summed E-state index contributed by atoms with van der Waals surface area (Å²) in [6, 6.07) is 7.82. The van der Waals surface area contributed by atoms with Crippen LogP contribution in [-0.2, 0) is 0 Å². The van der Waals surface area contributed by atoms with Gasteiger partial charge in [-0.2, -0.15) is 0 Å². The van der Waals surface area contributed by atoms with Gasteiger partial charge in [-0.3, -0.25) is 4.79 Å². The number of rotatable bonds is 9. The summed E-state index contributed by atoms with van der Waals surface area (Å²) in [5.41, 5.74) is 0.794. The largest absolute Gasteiger partial charge is 0.352 e. The van der Waals surface area contributed by atoms with E-state index in [1.807, 2.05) is 24.3 Å². The minimum atomic E-state index is 0.0427. The fraction of sp³-hybridized carbons (Fsp3) is 0.562. The maximum Gasteiger partial charge on any atom is 0.252 e. The van der Waals surface area contributed by atoms with E-state index in [9.17, 15) is 4.79 Å². The van der Waals surface area contributed by atoms with Crippen LogP contribution < -0.4 is 5.32 Å². The summed E-state index contributed by atoms with van der Waals surface area (Å²) in [5.74, 6) is 1.02. The molecule has 112 valence electrons. The molecule has 0 aliphatic heterocycles. The lowest BCUT2D eigenvalue weighted by Crippen LogP contribution is -2.30. The first-order chi connectivity index (χ1) is 9.72. The highest BCUT2D eigenvalue weighted by Crippen LogP contribution is 2.21. The second-order valence-corrected chi connectivity index (χ2v) is 5.87. The van der Waals surface area contributed by atoms with Crippen molar-refractivity contribution in [3.63, 3.8) is 0 Å². The molecule has 4 heteroatoms. The van der Waals surface area contributed by atoms with Crippen molar-refractivity contribution in [2.24, 2.45) is 0 Å². The summed E-state index contributed by atoms with van der Waals surface area (Å²) in [5, 5.41) is 3.02. The van der Waals surface area contributed by atoms with Crippen molar-refractivity contribution in [2.75, 3.05) is 31.9 Å². The van der Waals surface area contributed by atoms with Gasteiger partial charge >= 0.3 is 0 Å². The molecule has 0 aliphatic carbocycles. The van der Waals surface area contributed by atoms with E-state index < -0.39 is 0 Å². The standard InChI is InChI=1S/C16H26N2OS/c1-4-18(5-2)13-9-12-17-16(19)14-10-7-8-11-15(14)20-6-3/h7-8,10-11H,4-6,9,12-13H2,1-3H3,(H,17,19). The SMILES string of the molecule is CCSc1ccccc1C(=O)NCCCN(CC)CC. The smallest absolute Gasteiger partial charge is 0.252 e. The molecule has 1 amide bonds. The Bertz CT molecular complexity index is 405.